The number of phenolic OH excluding ortho intramolecular Hbond substituents is 2. The van der Waals surface area contributed by atoms with Crippen LogP contribution in [0.1, 0.15) is 17.5 Å². The van der Waals surface area contributed by atoms with Crippen molar-refractivity contribution in [3.8, 4) is 11.5 Å². The molecule has 3 unspecified atom stereocenters. The molecule has 2 rings (SSSR count). The number of nitrogens with two attached hydrogens (primary N) is 1. The van der Waals surface area contributed by atoms with Crippen molar-refractivity contribution in [1.29, 1.82) is 0 Å². The molecule has 0 saturated heterocycles. The van der Waals surface area contributed by atoms with Crippen molar-refractivity contribution in [2.75, 3.05) is 12.0 Å². The van der Waals surface area contributed by atoms with Gasteiger partial charge in [-0.3, -0.25) is 9.59 Å². The summed E-state index contributed by atoms with van der Waals surface area (Å²) in [5, 5.41) is 33.6. The molecule has 0 saturated carbocycles. The predicted molar refractivity (Wildman–Crippen MR) is 126 cm³/mol. The van der Waals surface area contributed by atoms with Crippen molar-refractivity contribution in [2.24, 2.45) is 5.73 Å². The highest BCUT2D eigenvalue weighted by molar-refractivity contribution is 7.98. The monoisotopic (exact) mass is 475 g/mol. The lowest BCUT2D eigenvalue weighted by atomic mass is 10.0. The molecule has 2 amide bonds. The van der Waals surface area contributed by atoms with E-state index in [1.807, 2.05) is 6.26 Å². The number of thioether (sulfide) groups is 1. The minimum atomic E-state index is -1.24. The summed E-state index contributed by atoms with van der Waals surface area (Å²) in [6.45, 7) is 0. The topological polar surface area (TPSA) is 162 Å². The molecular weight excluding hydrogens is 446 g/mol. The lowest BCUT2D eigenvalue weighted by Crippen LogP contribution is -2.55. The van der Waals surface area contributed by atoms with Crippen LogP contribution in [-0.2, 0) is 27.2 Å². The SMILES string of the molecule is CSCCC(N)C(=O)NC(Cc1ccc(O)cc1)C(=O)NC(Cc1ccc(O)cc1)C(=O)O. The van der Waals surface area contributed by atoms with E-state index >= 15 is 0 Å². The number of nitrogens with one attached hydrogen (secondary N) is 2. The van der Waals surface area contributed by atoms with E-state index in [1.54, 1.807) is 36.0 Å². The lowest BCUT2D eigenvalue weighted by molar-refractivity contribution is -0.142. The molecule has 2 aromatic carbocycles. The first-order valence-corrected chi connectivity index (χ1v) is 11.7. The third kappa shape index (κ3) is 8.66. The Balaban J connectivity index is 2.16. The first-order valence-electron chi connectivity index (χ1n) is 10.3. The Labute approximate surface area is 196 Å². The van der Waals surface area contributed by atoms with Crippen LogP contribution >= 0.6 is 11.8 Å². The quantitative estimate of drug-likeness (QED) is 0.265. The van der Waals surface area contributed by atoms with E-state index in [1.165, 1.54) is 24.3 Å². The number of aromatic hydroxyl groups is 2. The average molecular weight is 476 g/mol. The maximum Gasteiger partial charge on any atom is 0.326 e. The molecule has 9 nitrogen and oxygen atoms in total. The number of hydrogen-bond acceptors (Lipinski definition) is 7. The second-order valence-corrected chi connectivity index (χ2v) is 8.58. The van der Waals surface area contributed by atoms with Crippen LogP contribution in [0.25, 0.3) is 0 Å². The van der Waals surface area contributed by atoms with Crippen molar-refractivity contribution in [3.63, 3.8) is 0 Å². The van der Waals surface area contributed by atoms with Gasteiger partial charge in [0, 0.05) is 12.8 Å². The molecule has 0 aliphatic heterocycles. The Morgan fingerprint density at radius 1 is 0.848 bits per heavy atom. The molecule has 0 heterocycles. The van der Waals surface area contributed by atoms with Crippen LogP contribution in [0, 0.1) is 0 Å². The van der Waals surface area contributed by atoms with E-state index in [4.69, 9.17) is 5.73 Å². The number of hydrogen-bond donors (Lipinski definition) is 6. The zero-order valence-electron chi connectivity index (χ0n) is 18.2. The van der Waals surface area contributed by atoms with Gasteiger partial charge in [0.2, 0.25) is 11.8 Å². The molecule has 2 aromatic rings. The second-order valence-electron chi connectivity index (χ2n) is 7.59. The number of rotatable bonds is 12. The smallest absolute Gasteiger partial charge is 0.326 e. The number of carboxylic acid groups (broad SMARTS) is 1. The molecule has 0 spiro atoms. The summed E-state index contributed by atoms with van der Waals surface area (Å²) in [5.41, 5.74) is 7.20. The molecule has 0 bridgehead atoms. The molecule has 178 valence electrons. The summed E-state index contributed by atoms with van der Waals surface area (Å²) >= 11 is 1.55. The van der Waals surface area contributed by atoms with E-state index in [0.29, 0.717) is 23.3 Å². The van der Waals surface area contributed by atoms with Gasteiger partial charge in [0.25, 0.3) is 0 Å². The first kappa shape index (κ1) is 26.0. The normalized spacial score (nSPS) is 13.5. The van der Waals surface area contributed by atoms with Crippen LogP contribution in [0.5, 0.6) is 11.5 Å². The molecule has 0 aliphatic rings. The van der Waals surface area contributed by atoms with Gasteiger partial charge in [-0.05, 0) is 53.8 Å². The Bertz CT molecular complexity index is 936. The zero-order chi connectivity index (χ0) is 24.4. The minimum absolute atomic E-state index is 0.00549. The van der Waals surface area contributed by atoms with Crippen LogP contribution < -0.4 is 16.4 Å². The number of phenols is 2. The fourth-order valence-corrected chi connectivity index (χ4v) is 3.56. The minimum Gasteiger partial charge on any atom is -0.508 e. The van der Waals surface area contributed by atoms with Gasteiger partial charge in [-0.2, -0.15) is 11.8 Å². The van der Waals surface area contributed by atoms with Gasteiger partial charge in [-0.25, -0.2) is 4.79 Å². The summed E-state index contributed by atoms with van der Waals surface area (Å²) in [5.74, 6) is -1.63. The fraction of sp³-hybridized carbons (Fsp3) is 0.348. The maximum absolute atomic E-state index is 13.0. The van der Waals surface area contributed by atoms with Crippen molar-refractivity contribution in [3.05, 3.63) is 59.7 Å². The molecule has 0 aliphatic carbocycles. The molecular formula is C23H29N3O6S. The van der Waals surface area contributed by atoms with E-state index < -0.39 is 35.9 Å². The van der Waals surface area contributed by atoms with E-state index in [-0.39, 0.29) is 24.3 Å². The Morgan fingerprint density at radius 3 is 1.76 bits per heavy atom. The van der Waals surface area contributed by atoms with Crippen LogP contribution in [0.2, 0.25) is 0 Å². The molecule has 0 fully saturated rings. The van der Waals surface area contributed by atoms with E-state index in [9.17, 15) is 29.7 Å². The maximum atomic E-state index is 13.0. The summed E-state index contributed by atoms with van der Waals surface area (Å²) in [6, 6.07) is 9.02. The molecule has 7 N–H and O–H groups in total. The summed E-state index contributed by atoms with van der Waals surface area (Å²) < 4.78 is 0. The fourth-order valence-electron chi connectivity index (χ4n) is 3.07. The third-order valence-electron chi connectivity index (χ3n) is 4.97. The lowest BCUT2D eigenvalue weighted by Gasteiger charge is -2.23. The molecule has 33 heavy (non-hydrogen) atoms. The number of carbonyl (C=O) groups is 3. The van der Waals surface area contributed by atoms with Crippen molar-refractivity contribution in [2.45, 2.75) is 37.4 Å². The standard InChI is InChI=1S/C23H29N3O6S/c1-33-11-10-18(24)21(29)25-19(12-14-2-6-16(27)7-3-14)22(30)26-20(23(31)32)13-15-4-8-17(28)9-5-15/h2-9,18-20,27-28H,10-13,24H2,1H3,(H,25,29)(H,26,30)(H,31,32). The van der Waals surface area contributed by atoms with Crippen LogP contribution in [0.3, 0.4) is 0 Å². The van der Waals surface area contributed by atoms with Crippen LogP contribution in [-0.4, -0.2) is 63.2 Å². The van der Waals surface area contributed by atoms with Crippen LogP contribution in [0.15, 0.2) is 48.5 Å². The van der Waals surface area contributed by atoms with Gasteiger partial charge in [0.1, 0.15) is 23.6 Å². The zero-order valence-corrected chi connectivity index (χ0v) is 19.0. The summed E-state index contributed by atoms with van der Waals surface area (Å²) in [4.78, 5) is 37.3. The number of carboxylic acids is 1. The van der Waals surface area contributed by atoms with Gasteiger partial charge in [-0.15, -0.1) is 0 Å². The Morgan fingerprint density at radius 2 is 1.30 bits per heavy atom. The second kappa shape index (κ2) is 12.7. The molecule has 3 atom stereocenters. The van der Waals surface area contributed by atoms with Gasteiger partial charge in [0.05, 0.1) is 6.04 Å². The van der Waals surface area contributed by atoms with E-state index in [2.05, 4.69) is 10.6 Å². The van der Waals surface area contributed by atoms with E-state index in [0.717, 1.165) is 0 Å². The van der Waals surface area contributed by atoms with Crippen molar-refractivity contribution < 1.29 is 29.7 Å². The largest absolute Gasteiger partial charge is 0.508 e. The number of carbonyl (C=O) groups excluding carboxylic acids is 2. The van der Waals surface area contributed by atoms with Gasteiger partial charge < -0.3 is 31.7 Å². The highest BCUT2D eigenvalue weighted by Gasteiger charge is 2.28. The molecule has 10 heteroatoms. The Hall–Kier alpha value is -3.24. The molecule has 0 radical (unpaired) electrons. The first-order chi connectivity index (χ1) is 15.7. The summed E-state index contributed by atoms with van der Waals surface area (Å²) in [7, 11) is 0. The van der Waals surface area contributed by atoms with Gasteiger partial charge in [0.15, 0.2) is 0 Å². The predicted octanol–water partition coefficient (Wildman–Crippen LogP) is 1.02. The number of benzene rings is 2. The average Bonchev–Trinajstić information content (AvgIpc) is 2.79. The highest BCUT2D eigenvalue weighted by Crippen LogP contribution is 2.14. The highest BCUT2D eigenvalue weighted by atomic mass is 32.2. The van der Waals surface area contributed by atoms with Crippen molar-refractivity contribution in [1.82, 2.24) is 10.6 Å². The van der Waals surface area contributed by atoms with Gasteiger partial charge in [-0.1, -0.05) is 24.3 Å². The third-order valence-corrected chi connectivity index (χ3v) is 5.61. The molecule has 0 aromatic heterocycles. The number of aliphatic carboxylic acids is 1. The van der Waals surface area contributed by atoms with Crippen molar-refractivity contribution >= 4 is 29.5 Å². The summed E-state index contributed by atoms with van der Waals surface area (Å²) in [6.07, 6.45) is 2.40. The number of amides is 2. The Kier molecular flexibility index (Phi) is 10.0. The van der Waals surface area contributed by atoms with Crippen LogP contribution in [0.4, 0.5) is 0 Å². The van der Waals surface area contributed by atoms with Gasteiger partial charge >= 0.3 is 5.97 Å².